The molecule has 0 amide bonds. The third-order valence-corrected chi connectivity index (χ3v) is 8.27. The number of hydrogen-bond acceptors (Lipinski definition) is 5. The average Bonchev–Trinajstić information content (AvgIpc) is 3.33. The number of aromatic nitrogens is 2. The quantitative estimate of drug-likeness (QED) is 0.591. The van der Waals surface area contributed by atoms with E-state index in [0.29, 0.717) is 42.0 Å². The summed E-state index contributed by atoms with van der Waals surface area (Å²) in [5.41, 5.74) is 3.83. The molecule has 4 rings (SSSR count). The molecule has 148 valence electrons. The van der Waals surface area contributed by atoms with Crippen LogP contribution in [0, 0.1) is 0 Å². The first-order valence-corrected chi connectivity index (χ1v) is 11.5. The zero-order chi connectivity index (χ0) is 19.7. The Kier molecular flexibility index (Phi) is 5.57. The molecule has 28 heavy (non-hydrogen) atoms. The number of rotatable bonds is 6. The molecular formula is C19H20ClN3O3S2. The van der Waals surface area contributed by atoms with Gasteiger partial charge in [0.25, 0.3) is 10.0 Å². The number of fused-ring (bicyclic) bond motifs is 1. The number of aryl methyl sites for hydroxylation is 1. The minimum atomic E-state index is -3.47. The van der Waals surface area contributed by atoms with E-state index in [1.54, 1.807) is 17.5 Å². The lowest BCUT2D eigenvalue weighted by molar-refractivity contribution is 0.103. The van der Waals surface area contributed by atoms with E-state index < -0.39 is 10.0 Å². The first-order valence-electron chi connectivity index (χ1n) is 8.84. The van der Waals surface area contributed by atoms with Crippen LogP contribution < -0.4 is 0 Å². The highest BCUT2D eigenvalue weighted by Crippen LogP contribution is 2.29. The fourth-order valence-corrected chi connectivity index (χ4v) is 6.03. The maximum absolute atomic E-state index is 12.9. The van der Waals surface area contributed by atoms with Gasteiger partial charge in [-0.05, 0) is 29.1 Å². The second-order valence-corrected chi connectivity index (χ2v) is 10.2. The molecule has 0 unspecified atom stereocenters. The lowest BCUT2D eigenvalue weighted by atomic mass is 10.1. The molecule has 1 aliphatic heterocycles. The first-order chi connectivity index (χ1) is 13.4. The van der Waals surface area contributed by atoms with Crippen molar-refractivity contribution in [2.75, 3.05) is 6.54 Å². The summed E-state index contributed by atoms with van der Waals surface area (Å²) in [5, 5.41) is 7.04. The van der Waals surface area contributed by atoms with Gasteiger partial charge in [0.05, 0.1) is 18.9 Å². The van der Waals surface area contributed by atoms with Gasteiger partial charge in [0.15, 0.2) is 0 Å². The Morgan fingerprint density at radius 1 is 1.21 bits per heavy atom. The van der Waals surface area contributed by atoms with E-state index in [-0.39, 0.29) is 0 Å². The van der Waals surface area contributed by atoms with Crippen molar-refractivity contribution in [3.05, 3.63) is 69.3 Å². The molecule has 0 spiro atoms. The molecule has 0 saturated carbocycles. The number of hydrogen-bond donors (Lipinski definition) is 0. The summed E-state index contributed by atoms with van der Waals surface area (Å²) in [5.74, 6) is 0. The highest BCUT2D eigenvalue weighted by atomic mass is 35.5. The average molecular weight is 438 g/mol. The molecule has 0 saturated heterocycles. The van der Waals surface area contributed by atoms with E-state index in [1.165, 1.54) is 15.6 Å². The van der Waals surface area contributed by atoms with Gasteiger partial charge in [-0.2, -0.15) is 9.40 Å². The van der Waals surface area contributed by atoms with Crippen molar-refractivity contribution < 1.29 is 13.2 Å². The topological polar surface area (TPSA) is 64.4 Å². The van der Waals surface area contributed by atoms with E-state index >= 15 is 0 Å². The molecule has 0 bridgehead atoms. The number of benzene rings is 1. The molecule has 1 aliphatic rings. The molecule has 3 heterocycles. The fraction of sp³-hybridized carbons (Fsp3) is 0.316. The van der Waals surface area contributed by atoms with Crippen LogP contribution in [0.4, 0.5) is 0 Å². The van der Waals surface area contributed by atoms with Crippen LogP contribution in [-0.2, 0) is 48.0 Å². The first kappa shape index (κ1) is 19.6. The number of halogens is 1. The lowest BCUT2D eigenvalue weighted by Gasteiger charge is -2.26. The van der Waals surface area contributed by atoms with E-state index in [1.807, 2.05) is 36.0 Å². The van der Waals surface area contributed by atoms with Crippen molar-refractivity contribution >= 4 is 33.0 Å². The molecule has 3 aromatic rings. The van der Waals surface area contributed by atoms with Crippen LogP contribution in [-0.4, -0.2) is 29.0 Å². The zero-order valence-electron chi connectivity index (χ0n) is 15.3. The summed E-state index contributed by atoms with van der Waals surface area (Å²) in [4.78, 5) is 0. The van der Waals surface area contributed by atoms with Gasteiger partial charge in [0, 0.05) is 42.8 Å². The highest BCUT2D eigenvalue weighted by Gasteiger charge is 2.32. The van der Waals surface area contributed by atoms with Crippen molar-refractivity contribution in [3.63, 3.8) is 0 Å². The molecule has 0 fully saturated rings. The van der Waals surface area contributed by atoms with Crippen LogP contribution in [0.5, 0.6) is 0 Å². The summed E-state index contributed by atoms with van der Waals surface area (Å²) in [6, 6.07) is 10.9. The Labute approximate surface area is 173 Å². The standard InChI is InChI=1S/C19H20ClN3O3S2/c1-22-18-8-9-23(28(24,25)19-3-2-10-27-19)11-16(18)17(21-22)13-26-12-14-4-6-15(20)7-5-14/h2-7,10H,8-9,11-13H2,1H3. The van der Waals surface area contributed by atoms with Gasteiger partial charge in [-0.3, -0.25) is 4.68 Å². The van der Waals surface area contributed by atoms with Crippen LogP contribution in [0.2, 0.25) is 5.02 Å². The van der Waals surface area contributed by atoms with Crippen LogP contribution in [0.1, 0.15) is 22.5 Å². The van der Waals surface area contributed by atoms with Gasteiger partial charge in [0.1, 0.15) is 4.21 Å². The Bertz CT molecular complexity index is 1060. The SMILES string of the molecule is Cn1nc(COCc2ccc(Cl)cc2)c2c1CCN(S(=O)(=O)c1cccs1)C2. The van der Waals surface area contributed by atoms with Gasteiger partial charge in [-0.1, -0.05) is 29.8 Å². The second-order valence-electron chi connectivity index (χ2n) is 6.64. The third kappa shape index (κ3) is 3.88. The third-order valence-electron chi connectivity index (χ3n) is 4.80. The van der Waals surface area contributed by atoms with Crippen LogP contribution in [0.25, 0.3) is 0 Å². The van der Waals surface area contributed by atoms with E-state index in [4.69, 9.17) is 16.3 Å². The summed E-state index contributed by atoms with van der Waals surface area (Å²) in [6.45, 7) is 1.55. The van der Waals surface area contributed by atoms with Gasteiger partial charge in [-0.15, -0.1) is 11.3 Å². The minimum Gasteiger partial charge on any atom is -0.370 e. The highest BCUT2D eigenvalue weighted by molar-refractivity contribution is 7.91. The molecule has 9 heteroatoms. The van der Waals surface area contributed by atoms with Gasteiger partial charge >= 0.3 is 0 Å². The van der Waals surface area contributed by atoms with Crippen LogP contribution >= 0.6 is 22.9 Å². The summed E-state index contributed by atoms with van der Waals surface area (Å²) < 4.78 is 35.3. The molecule has 0 radical (unpaired) electrons. The monoisotopic (exact) mass is 437 g/mol. The van der Waals surface area contributed by atoms with E-state index in [0.717, 1.165) is 22.5 Å². The Hall–Kier alpha value is -1.71. The van der Waals surface area contributed by atoms with E-state index in [2.05, 4.69) is 5.10 Å². The van der Waals surface area contributed by atoms with Gasteiger partial charge in [0.2, 0.25) is 0 Å². The number of sulfonamides is 1. The summed E-state index contributed by atoms with van der Waals surface area (Å²) >= 11 is 7.15. The number of thiophene rings is 1. The minimum absolute atomic E-state index is 0.322. The van der Waals surface area contributed by atoms with Crippen molar-refractivity contribution in [3.8, 4) is 0 Å². The van der Waals surface area contributed by atoms with Crippen LogP contribution in [0.15, 0.2) is 46.0 Å². The molecule has 0 atom stereocenters. The Morgan fingerprint density at radius 3 is 2.71 bits per heavy atom. The molecule has 2 aromatic heterocycles. The molecule has 0 aliphatic carbocycles. The van der Waals surface area contributed by atoms with Crippen LogP contribution in [0.3, 0.4) is 0 Å². The normalized spacial score (nSPS) is 14.9. The van der Waals surface area contributed by atoms with Gasteiger partial charge in [-0.25, -0.2) is 8.42 Å². The number of nitrogens with zero attached hydrogens (tertiary/aromatic N) is 3. The summed E-state index contributed by atoms with van der Waals surface area (Å²) in [6.07, 6.45) is 0.640. The van der Waals surface area contributed by atoms with Crippen molar-refractivity contribution in [1.29, 1.82) is 0 Å². The van der Waals surface area contributed by atoms with E-state index in [9.17, 15) is 8.42 Å². The second kappa shape index (κ2) is 7.96. The predicted molar refractivity (Wildman–Crippen MR) is 109 cm³/mol. The smallest absolute Gasteiger partial charge is 0.252 e. The Balaban J connectivity index is 1.49. The van der Waals surface area contributed by atoms with Gasteiger partial charge < -0.3 is 4.74 Å². The fourth-order valence-electron chi connectivity index (χ4n) is 3.35. The predicted octanol–water partition coefficient (Wildman–Crippen LogP) is 3.60. The zero-order valence-corrected chi connectivity index (χ0v) is 17.7. The lowest BCUT2D eigenvalue weighted by Crippen LogP contribution is -2.36. The molecule has 1 aromatic carbocycles. The van der Waals surface area contributed by atoms with Crippen molar-refractivity contribution in [1.82, 2.24) is 14.1 Å². The van der Waals surface area contributed by atoms with Crippen molar-refractivity contribution in [2.45, 2.75) is 30.4 Å². The maximum atomic E-state index is 12.9. The van der Waals surface area contributed by atoms with Crippen molar-refractivity contribution in [2.24, 2.45) is 7.05 Å². The molecule has 6 nitrogen and oxygen atoms in total. The molecular weight excluding hydrogens is 418 g/mol. The largest absolute Gasteiger partial charge is 0.370 e. The molecule has 0 N–H and O–H groups in total. The maximum Gasteiger partial charge on any atom is 0.252 e. The Morgan fingerprint density at radius 2 is 2.00 bits per heavy atom. The number of ether oxygens (including phenoxy) is 1. The summed E-state index contributed by atoms with van der Waals surface area (Å²) in [7, 11) is -1.58.